The van der Waals surface area contributed by atoms with Crippen LogP contribution in [-0.2, 0) is 17.4 Å². The van der Waals surface area contributed by atoms with Crippen LogP contribution in [0.3, 0.4) is 0 Å². The molecule has 100 valence electrons. The zero-order chi connectivity index (χ0) is 14.1. The van der Waals surface area contributed by atoms with Crippen molar-refractivity contribution in [3.05, 3.63) is 34.3 Å². The summed E-state index contributed by atoms with van der Waals surface area (Å²) in [6.45, 7) is 0.915. The van der Waals surface area contributed by atoms with Gasteiger partial charge in [-0.2, -0.15) is 13.2 Å². The Morgan fingerprint density at radius 2 is 1.94 bits per heavy atom. The lowest BCUT2D eigenvalue weighted by molar-refractivity contribution is -0.157. The Balaban J connectivity index is 3.28. The van der Waals surface area contributed by atoms with Gasteiger partial charge in [-0.15, -0.1) is 0 Å². The van der Waals surface area contributed by atoms with Crippen LogP contribution < -0.4 is 0 Å². The summed E-state index contributed by atoms with van der Waals surface area (Å²) >= 11 is 5.64. The number of aliphatic hydroxyl groups is 1. The number of carboxylic acids is 1. The van der Waals surface area contributed by atoms with Crippen LogP contribution in [0.4, 0.5) is 13.2 Å². The van der Waals surface area contributed by atoms with Gasteiger partial charge >= 0.3 is 12.1 Å². The summed E-state index contributed by atoms with van der Waals surface area (Å²) in [4.78, 5) is 10.7. The van der Waals surface area contributed by atoms with Crippen molar-refractivity contribution < 1.29 is 28.2 Å². The number of halogens is 4. The summed E-state index contributed by atoms with van der Waals surface area (Å²) in [5.41, 5.74) is -3.79. The van der Waals surface area contributed by atoms with Crippen molar-refractivity contribution in [2.45, 2.75) is 25.1 Å². The van der Waals surface area contributed by atoms with E-state index in [0.29, 0.717) is 0 Å². The fourth-order valence-electron chi connectivity index (χ4n) is 1.42. The molecule has 0 heterocycles. The summed E-state index contributed by atoms with van der Waals surface area (Å²) in [6, 6.07) is 3.12. The van der Waals surface area contributed by atoms with Crippen LogP contribution in [0, 0.1) is 0 Å². The first-order valence-electron chi connectivity index (χ1n) is 4.86. The van der Waals surface area contributed by atoms with Crippen molar-refractivity contribution in [2.24, 2.45) is 0 Å². The number of carboxylic acid groups (broad SMARTS) is 1. The number of hydrogen-bond acceptors (Lipinski definition) is 2. The van der Waals surface area contributed by atoms with Crippen molar-refractivity contribution in [2.75, 3.05) is 0 Å². The highest BCUT2D eigenvalue weighted by molar-refractivity contribution is 6.31. The van der Waals surface area contributed by atoms with E-state index in [1.165, 1.54) is 6.07 Å². The van der Waals surface area contributed by atoms with Crippen molar-refractivity contribution in [3.63, 3.8) is 0 Å². The summed E-state index contributed by atoms with van der Waals surface area (Å²) < 4.78 is 38.2. The molecular formula is C11H10ClF3O3. The van der Waals surface area contributed by atoms with E-state index in [-0.39, 0.29) is 5.02 Å². The second-order valence-corrected chi connectivity index (χ2v) is 4.43. The largest absolute Gasteiger partial charge is 0.479 e. The summed E-state index contributed by atoms with van der Waals surface area (Å²) in [6.07, 6.45) is -5.38. The van der Waals surface area contributed by atoms with E-state index in [9.17, 15) is 23.1 Å². The lowest BCUT2D eigenvalue weighted by Gasteiger charge is -2.21. The average Bonchev–Trinajstić information content (AvgIpc) is 2.18. The second kappa shape index (κ2) is 4.78. The third-order valence-electron chi connectivity index (χ3n) is 2.41. The van der Waals surface area contributed by atoms with Crippen molar-refractivity contribution in [1.29, 1.82) is 0 Å². The van der Waals surface area contributed by atoms with Gasteiger partial charge in [0, 0.05) is 11.4 Å². The van der Waals surface area contributed by atoms with Gasteiger partial charge in [-0.3, -0.25) is 0 Å². The van der Waals surface area contributed by atoms with Gasteiger partial charge in [0.15, 0.2) is 5.60 Å². The SMILES string of the molecule is CC(O)(Cc1c(Cl)cccc1C(F)(F)F)C(=O)O. The van der Waals surface area contributed by atoms with Crippen LogP contribution in [0.15, 0.2) is 18.2 Å². The average molecular weight is 283 g/mol. The molecule has 0 aliphatic carbocycles. The molecule has 1 rings (SSSR count). The number of benzene rings is 1. The molecule has 0 radical (unpaired) electrons. The van der Waals surface area contributed by atoms with Gasteiger partial charge in [0.1, 0.15) is 0 Å². The van der Waals surface area contributed by atoms with Crippen molar-refractivity contribution in [3.8, 4) is 0 Å². The summed E-state index contributed by atoms with van der Waals surface area (Å²) in [7, 11) is 0. The zero-order valence-corrected chi connectivity index (χ0v) is 10.0. The molecule has 0 spiro atoms. The van der Waals surface area contributed by atoms with Crippen LogP contribution in [0.5, 0.6) is 0 Å². The number of hydrogen-bond donors (Lipinski definition) is 2. The lowest BCUT2D eigenvalue weighted by atomic mass is 9.93. The first kappa shape index (κ1) is 14.8. The molecule has 1 aromatic carbocycles. The van der Waals surface area contributed by atoms with Crippen LogP contribution in [0.1, 0.15) is 18.1 Å². The summed E-state index contributed by atoms with van der Waals surface area (Å²) in [5, 5.41) is 18.0. The van der Waals surface area contributed by atoms with E-state index in [1.807, 2.05) is 0 Å². The Kier molecular flexibility index (Phi) is 3.92. The molecule has 3 nitrogen and oxygen atoms in total. The normalized spacial score (nSPS) is 15.2. The molecule has 0 bridgehead atoms. The number of aliphatic carboxylic acids is 1. The van der Waals surface area contributed by atoms with Crippen molar-refractivity contribution >= 4 is 17.6 Å². The van der Waals surface area contributed by atoms with Gasteiger partial charge < -0.3 is 10.2 Å². The van der Waals surface area contributed by atoms with E-state index in [1.54, 1.807) is 0 Å². The van der Waals surface area contributed by atoms with E-state index in [0.717, 1.165) is 19.1 Å². The number of carbonyl (C=O) groups is 1. The molecule has 0 amide bonds. The molecule has 0 saturated carbocycles. The third kappa shape index (κ3) is 3.14. The molecule has 1 unspecified atom stereocenters. The monoisotopic (exact) mass is 282 g/mol. The van der Waals surface area contributed by atoms with Gasteiger partial charge in [-0.05, 0) is 24.6 Å². The van der Waals surface area contributed by atoms with Crippen molar-refractivity contribution in [1.82, 2.24) is 0 Å². The van der Waals surface area contributed by atoms with Crippen LogP contribution >= 0.6 is 11.6 Å². The van der Waals surface area contributed by atoms with Crippen LogP contribution in [0.25, 0.3) is 0 Å². The van der Waals surface area contributed by atoms with Crippen LogP contribution in [0.2, 0.25) is 5.02 Å². The van der Waals surface area contributed by atoms with Gasteiger partial charge in [-0.25, -0.2) is 4.79 Å². The van der Waals surface area contributed by atoms with Gasteiger partial charge in [0.05, 0.1) is 5.56 Å². The van der Waals surface area contributed by atoms with E-state index in [2.05, 4.69) is 0 Å². The molecule has 0 aliphatic heterocycles. The third-order valence-corrected chi connectivity index (χ3v) is 2.76. The van der Waals surface area contributed by atoms with E-state index in [4.69, 9.17) is 16.7 Å². The molecule has 0 aromatic heterocycles. The van der Waals surface area contributed by atoms with E-state index >= 15 is 0 Å². The fourth-order valence-corrected chi connectivity index (χ4v) is 1.67. The topological polar surface area (TPSA) is 57.5 Å². The van der Waals surface area contributed by atoms with Gasteiger partial charge in [0.25, 0.3) is 0 Å². The number of alkyl halides is 3. The molecule has 1 aromatic rings. The minimum atomic E-state index is -4.66. The first-order valence-corrected chi connectivity index (χ1v) is 5.24. The highest BCUT2D eigenvalue weighted by Gasteiger charge is 2.38. The minimum Gasteiger partial charge on any atom is -0.479 e. The number of rotatable bonds is 3. The fraction of sp³-hybridized carbons (Fsp3) is 0.364. The Morgan fingerprint density at radius 3 is 2.39 bits per heavy atom. The molecule has 0 fully saturated rings. The second-order valence-electron chi connectivity index (χ2n) is 4.02. The molecule has 2 N–H and O–H groups in total. The maximum Gasteiger partial charge on any atom is 0.416 e. The Bertz CT molecular complexity index is 469. The smallest absolute Gasteiger partial charge is 0.416 e. The standard InChI is InChI=1S/C11H10ClF3O3/c1-10(18,9(16)17)5-6-7(11(13,14)15)3-2-4-8(6)12/h2-4,18H,5H2,1H3,(H,16,17). The molecular weight excluding hydrogens is 273 g/mol. The lowest BCUT2D eigenvalue weighted by Crippen LogP contribution is -2.38. The molecule has 18 heavy (non-hydrogen) atoms. The zero-order valence-electron chi connectivity index (χ0n) is 9.25. The quantitative estimate of drug-likeness (QED) is 0.896. The maximum atomic E-state index is 12.7. The first-order chi connectivity index (χ1) is 8.05. The maximum absolute atomic E-state index is 12.7. The van der Waals surface area contributed by atoms with Gasteiger partial charge in [-0.1, -0.05) is 17.7 Å². The Morgan fingerprint density at radius 1 is 1.39 bits per heavy atom. The minimum absolute atomic E-state index is 0.230. The molecule has 0 aliphatic rings. The predicted octanol–water partition coefficient (Wildman–Crippen LogP) is 2.74. The molecule has 0 saturated heterocycles. The Hall–Kier alpha value is -1.27. The highest BCUT2D eigenvalue weighted by atomic mass is 35.5. The van der Waals surface area contributed by atoms with Crippen LogP contribution in [-0.4, -0.2) is 21.8 Å². The Labute approximate surface area is 106 Å². The molecule has 1 atom stereocenters. The predicted molar refractivity (Wildman–Crippen MR) is 58.4 cm³/mol. The highest BCUT2D eigenvalue weighted by Crippen LogP contribution is 2.36. The van der Waals surface area contributed by atoms with Gasteiger partial charge in [0.2, 0.25) is 0 Å². The molecule has 7 heteroatoms. The summed E-state index contributed by atoms with van der Waals surface area (Å²) in [5.74, 6) is -1.62. The van der Waals surface area contributed by atoms with E-state index < -0.39 is 35.3 Å².